The maximum absolute atomic E-state index is 12.7. The SMILES string of the molecule is CCn1cc([C@H]2OCC[C@@H]2C(=O)NC(C)c2ccncc2)cn1. The van der Waals surface area contributed by atoms with E-state index < -0.39 is 0 Å². The molecule has 1 N–H and O–H groups in total. The van der Waals surface area contributed by atoms with Gasteiger partial charge < -0.3 is 10.1 Å². The highest BCUT2D eigenvalue weighted by molar-refractivity contribution is 5.80. The molecule has 3 rings (SSSR count). The van der Waals surface area contributed by atoms with Gasteiger partial charge in [0.15, 0.2) is 0 Å². The van der Waals surface area contributed by atoms with Gasteiger partial charge >= 0.3 is 0 Å². The first-order chi connectivity index (χ1) is 11.2. The largest absolute Gasteiger partial charge is 0.373 e. The van der Waals surface area contributed by atoms with Crippen LogP contribution in [0.5, 0.6) is 0 Å². The smallest absolute Gasteiger partial charge is 0.226 e. The van der Waals surface area contributed by atoms with Crippen molar-refractivity contribution < 1.29 is 9.53 Å². The van der Waals surface area contributed by atoms with Gasteiger partial charge in [-0.2, -0.15) is 5.10 Å². The van der Waals surface area contributed by atoms with E-state index in [1.807, 2.05) is 36.9 Å². The molecule has 6 heteroatoms. The van der Waals surface area contributed by atoms with Crippen molar-refractivity contribution in [2.24, 2.45) is 5.92 Å². The van der Waals surface area contributed by atoms with Gasteiger partial charge in [-0.1, -0.05) is 0 Å². The number of nitrogens with zero attached hydrogens (tertiary/aromatic N) is 3. The molecule has 1 aliphatic heterocycles. The molecular weight excluding hydrogens is 292 g/mol. The Bertz CT molecular complexity index is 656. The van der Waals surface area contributed by atoms with E-state index in [9.17, 15) is 4.79 Å². The molecule has 1 saturated heterocycles. The second-order valence-electron chi connectivity index (χ2n) is 5.83. The standard InChI is InChI=1S/C17H22N4O2/c1-3-21-11-14(10-19-21)16-15(6-9-23-16)17(22)20-12(2)13-4-7-18-8-5-13/h4-5,7-8,10-12,15-16H,3,6,9H2,1-2H3,(H,20,22)/t12?,15-,16+/m0/s1. The molecule has 0 aliphatic carbocycles. The van der Waals surface area contributed by atoms with Gasteiger partial charge in [-0.25, -0.2) is 0 Å². The molecule has 2 aromatic heterocycles. The first-order valence-corrected chi connectivity index (χ1v) is 8.03. The highest BCUT2D eigenvalue weighted by atomic mass is 16.5. The van der Waals surface area contributed by atoms with E-state index in [-0.39, 0.29) is 24.0 Å². The Morgan fingerprint density at radius 1 is 1.48 bits per heavy atom. The maximum Gasteiger partial charge on any atom is 0.226 e. The lowest BCUT2D eigenvalue weighted by Gasteiger charge is -2.20. The second kappa shape index (κ2) is 6.91. The van der Waals surface area contributed by atoms with Crippen LogP contribution in [0.15, 0.2) is 36.9 Å². The van der Waals surface area contributed by atoms with Crippen LogP contribution < -0.4 is 5.32 Å². The van der Waals surface area contributed by atoms with Gasteiger partial charge in [-0.15, -0.1) is 0 Å². The molecule has 0 saturated carbocycles. The Morgan fingerprint density at radius 2 is 2.26 bits per heavy atom. The van der Waals surface area contributed by atoms with Crippen molar-refractivity contribution in [3.63, 3.8) is 0 Å². The number of carbonyl (C=O) groups is 1. The zero-order valence-electron chi connectivity index (χ0n) is 13.5. The highest BCUT2D eigenvalue weighted by Gasteiger charge is 2.36. The number of nitrogens with one attached hydrogen (secondary N) is 1. The van der Waals surface area contributed by atoms with Gasteiger partial charge in [0.25, 0.3) is 0 Å². The topological polar surface area (TPSA) is 69.0 Å². The van der Waals surface area contributed by atoms with Gasteiger partial charge in [0.2, 0.25) is 5.91 Å². The summed E-state index contributed by atoms with van der Waals surface area (Å²) in [6, 6.07) is 3.78. The lowest BCUT2D eigenvalue weighted by molar-refractivity contribution is -0.127. The Morgan fingerprint density at radius 3 is 2.96 bits per heavy atom. The summed E-state index contributed by atoms with van der Waals surface area (Å²) in [5.74, 6) is -0.144. The van der Waals surface area contributed by atoms with Gasteiger partial charge in [0, 0.05) is 37.3 Å². The van der Waals surface area contributed by atoms with E-state index in [2.05, 4.69) is 15.4 Å². The van der Waals surface area contributed by atoms with Crippen molar-refractivity contribution in [2.45, 2.75) is 39.0 Å². The quantitative estimate of drug-likeness (QED) is 0.919. The van der Waals surface area contributed by atoms with Crippen molar-refractivity contribution in [3.05, 3.63) is 48.0 Å². The fourth-order valence-corrected chi connectivity index (χ4v) is 2.94. The van der Waals surface area contributed by atoms with Crippen molar-refractivity contribution in [3.8, 4) is 0 Å². The number of amides is 1. The van der Waals surface area contributed by atoms with Crippen molar-refractivity contribution in [1.29, 1.82) is 0 Å². The number of hydrogen-bond donors (Lipinski definition) is 1. The molecule has 1 aliphatic rings. The third-order valence-corrected chi connectivity index (χ3v) is 4.30. The molecule has 1 unspecified atom stereocenters. The molecule has 0 aromatic carbocycles. The lowest BCUT2D eigenvalue weighted by Crippen LogP contribution is -2.34. The minimum absolute atomic E-state index is 0.0288. The van der Waals surface area contributed by atoms with Crippen LogP contribution in [0.25, 0.3) is 0 Å². The van der Waals surface area contributed by atoms with E-state index >= 15 is 0 Å². The van der Waals surface area contributed by atoms with E-state index in [1.54, 1.807) is 18.6 Å². The molecule has 0 radical (unpaired) electrons. The van der Waals surface area contributed by atoms with Crippen LogP contribution in [-0.2, 0) is 16.1 Å². The average molecular weight is 314 g/mol. The van der Waals surface area contributed by atoms with Gasteiger partial charge in [-0.05, 0) is 38.0 Å². The summed E-state index contributed by atoms with van der Waals surface area (Å²) in [6.45, 7) is 5.42. The monoisotopic (exact) mass is 314 g/mol. The Kier molecular flexibility index (Phi) is 4.71. The summed E-state index contributed by atoms with van der Waals surface area (Å²) in [5, 5.41) is 7.36. The third-order valence-electron chi connectivity index (χ3n) is 4.30. The Labute approximate surface area is 135 Å². The zero-order valence-corrected chi connectivity index (χ0v) is 13.5. The van der Waals surface area contributed by atoms with Crippen LogP contribution in [0.4, 0.5) is 0 Å². The number of hydrogen-bond acceptors (Lipinski definition) is 4. The molecule has 3 heterocycles. The molecule has 2 aromatic rings. The molecule has 0 bridgehead atoms. The number of aromatic nitrogens is 3. The van der Waals surface area contributed by atoms with Crippen LogP contribution in [0.1, 0.15) is 43.5 Å². The molecule has 0 spiro atoms. The summed E-state index contributed by atoms with van der Waals surface area (Å²) in [7, 11) is 0. The van der Waals surface area contributed by atoms with Crippen LogP contribution >= 0.6 is 0 Å². The predicted molar refractivity (Wildman–Crippen MR) is 85.5 cm³/mol. The normalized spacial score (nSPS) is 22.0. The van der Waals surface area contributed by atoms with Crippen LogP contribution in [0.3, 0.4) is 0 Å². The number of ether oxygens (including phenoxy) is 1. The first-order valence-electron chi connectivity index (χ1n) is 8.03. The fourth-order valence-electron chi connectivity index (χ4n) is 2.94. The summed E-state index contributed by atoms with van der Waals surface area (Å²) in [4.78, 5) is 16.7. The lowest BCUT2D eigenvalue weighted by atomic mass is 9.96. The number of aryl methyl sites for hydroxylation is 1. The summed E-state index contributed by atoms with van der Waals surface area (Å²) in [5.41, 5.74) is 2.02. The van der Waals surface area contributed by atoms with Crippen molar-refractivity contribution >= 4 is 5.91 Å². The minimum Gasteiger partial charge on any atom is -0.373 e. The predicted octanol–water partition coefficient (Wildman–Crippen LogP) is 2.25. The Hall–Kier alpha value is -2.21. The summed E-state index contributed by atoms with van der Waals surface area (Å²) < 4.78 is 7.65. The fraction of sp³-hybridized carbons (Fsp3) is 0.471. The molecule has 3 atom stereocenters. The summed E-state index contributed by atoms with van der Waals surface area (Å²) >= 11 is 0. The van der Waals surface area contributed by atoms with Crippen LogP contribution in [0, 0.1) is 5.92 Å². The molecular formula is C17H22N4O2. The summed E-state index contributed by atoms with van der Waals surface area (Å²) in [6.07, 6.45) is 7.75. The number of carbonyl (C=O) groups excluding carboxylic acids is 1. The van der Waals surface area contributed by atoms with Crippen LogP contribution in [-0.4, -0.2) is 27.3 Å². The van der Waals surface area contributed by atoms with Gasteiger partial charge in [-0.3, -0.25) is 14.5 Å². The molecule has 122 valence electrons. The number of rotatable bonds is 5. The van der Waals surface area contributed by atoms with Gasteiger partial charge in [0.05, 0.1) is 24.3 Å². The van der Waals surface area contributed by atoms with E-state index in [0.717, 1.165) is 24.1 Å². The zero-order chi connectivity index (χ0) is 16.2. The van der Waals surface area contributed by atoms with Crippen molar-refractivity contribution in [1.82, 2.24) is 20.1 Å². The van der Waals surface area contributed by atoms with E-state index in [4.69, 9.17) is 4.74 Å². The molecule has 1 amide bonds. The first kappa shape index (κ1) is 15.7. The minimum atomic E-state index is -0.208. The molecule has 1 fully saturated rings. The number of pyridine rings is 1. The highest BCUT2D eigenvalue weighted by Crippen LogP contribution is 2.34. The second-order valence-corrected chi connectivity index (χ2v) is 5.83. The van der Waals surface area contributed by atoms with Gasteiger partial charge in [0.1, 0.15) is 0 Å². The van der Waals surface area contributed by atoms with E-state index in [1.165, 1.54) is 0 Å². The van der Waals surface area contributed by atoms with Crippen molar-refractivity contribution in [2.75, 3.05) is 6.61 Å². The third kappa shape index (κ3) is 3.42. The molecule has 6 nitrogen and oxygen atoms in total. The Balaban J connectivity index is 1.68. The van der Waals surface area contributed by atoms with Crippen LogP contribution in [0.2, 0.25) is 0 Å². The average Bonchev–Trinajstić information content (AvgIpc) is 3.24. The van der Waals surface area contributed by atoms with E-state index in [0.29, 0.717) is 6.61 Å². The molecule has 23 heavy (non-hydrogen) atoms. The maximum atomic E-state index is 12.7.